The van der Waals surface area contributed by atoms with Crippen molar-refractivity contribution in [2.24, 2.45) is 10.7 Å². The average molecular weight is 1090 g/mol. The van der Waals surface area contributed by atoms with Gasteiger partial charge in [0.15, 0.2) is 30.0 Å². The fourth-order valence-electron chi connectivity index (χ4n) is 8.01. The molecule has 8 rings (SSSR count). The lowest BCUT2D eigenvalue weighted by molar-refractivity contribution is -0.159. The molecule has 12 N–H and O–H groups in total. The molecule has 0 radical (unpaired) electrons. The number of nitrogens with zero attached hydrogens (tertiary/aromatic N) is 6. The average Bonchev–Trinajstić information content (AvgIpc) is 4.03. The van der Waals surface area contributed by atoms with Gasteiger partial charge in [0.2, 0.25) is 12.3 Å². The third kappa shape index (κ3) is 13.9. The van der Waals surface area contributed by atoms with E-state index in [4.69, 9.17) is 39.5 Å². The predicted octanol–water partition coefficient (Wildman–Crippen LogP) is 0.596. The number of anilines is 2. The van der Waals surface area contributed by atoms with Crippen LogP contribution in [0.15, 0.2) is 109 Å². The fraction of sp³-hybridized carbons (Fsp3) is 0.341. The van der Waals surface area contributed by atoms with E-state index in [-0.39, 0.29) is 48.2 Å². The number of fused-ring (bicyclic) bond motifs is 1. The number of halogens is 1. The Morgan fingerprint density at radius 3 is 2.19 bits per heavy atom. The molecule has 2 aromatic heterocycles. The molecule has 3 unspecified atom stereocenters. The summed E-state index contributed by atoms with van der Waals surface area (Å²) in [6.45, 7) is -2.33. The summed E-state index contributed by atoms with van der Waals surface area (Å²) in [4.78, 5) is 86.9. The first-order valence-electron chi connectivity index (χ1n) is 22.4. The third-order valence-electron chi connectivity index (χ3n) is 11.6. The van der Waals surface area contributed by atoms with Gasteiger partial charge in [-0.15, -0.1) is 0 Å². The number of nitrogens with two attached hydrogens (primary N) is 2. The van der Waals surface area contributed by atoms with Gasteiger partial charge in [-0.3, -0.25) is 22.9 Å². The number of hydrogen-bond acceptors (Lipinski definition) is 22. The highest BCUT2D eigenvalue weighted by Gasteiger charge is 2.53. The molecule has 75 heavy (non-hydrogen) atoms. The van der Waals surface area contributed by atoms with E-state index in [9.17, 15) is 57.9 Å². The van der Waals surface area contributed by atoms with E-state index in [1.165, 1.54) is 47.4 Å². The van der Waals surface area contributed by atoms with Gasteiger partial charge in [-0.25, -0.2) is 43.1 Å². The molecule has 0 saturated carbocycles. The number of carbonyl (C=O) groups excluding carboxylic acids is 3. The van der Waals surface area contributed by atoms with Crippen LogP contribution in [0.3, 0.4) is 0 Å². The Kier molecular flexibility index (Phi) is 17.0. The van der Waals surface area contributed by atoms with Gasteiger partial charge in [0.25, 0.3) is 0 Å². The van der Waals surface area contributed by atoms with Crippen molar-refractivity contribution in [3.05, 3.63) is 126 Å². The van der Waals surface area contributed by atoms with Gasteiger partial charge in [0, 0.05) is 18.3 Å². The summed E-state index contributed by atoms with van der Waals surface area (Å²) >= 11 is 0. The van der Waals surface area contributed by atoms with Crippen molar-refractivity contribution in [2.45, 2.75) is 80.9 Å². The number of aromatic nitrogens is 4. The Bertz CT molecular complexity index is 2990. The molecule has 3 aliphatic heterocycles. The smallest absolute Gasteiger partial charge is 0.455 e. The number of amidine groups is 1. The van der Waals surface area contributed by atoms with Gasteiger partial charge >= 0.3 is 27.7 Å². The molecule has 11 atom stereocenters. The first-order valence-corrected chi connectivity index (χ1v) is 25.5. The van der Waals surface area contributed by atoms with Crippen molar-refractivity contribution < 1.29 is 90.4 Å². The zero-order chi connectivity index (χ0) is 53.6. The molecule has 2 fully saturated rings. The first kappa shape index (κ1) is 54.4. The number of aliphatic hydroxyl groups excluding tert-OH is 3. The maximum Gasteiger partial charge on any atom is 0.472 e. The number of phosphoric acid groups is 2. The Morgan fingerprint density at radius 2 is 1.48 bits per heavy atom. The highest BCUT2D eigenvalue weighted by atomic mass is 31.2. The minimum atomic E-state index is -5.47. The number of esters is 1. The van der Waals surface area contributed by atoms with E-state index >= 15 is 0 Å². The zero-order valence-corrected chi connectivity index (χ0v) is 40.6. The van der Waals surface area contributed by atoms with Crippen LogP contribution in [0.5, 0.6) is 0 Å². The number of carbonyl (C=O) groups is 3. The summed E-state index contributed by atoms with van der Waals surface area (Å²) in [5.41, 5.74) is 13.8. The number of alkyl carbamates (subject to hydrolysis) is 1. The number of aliphatic imine (C=N–C) groups is 1. The number of phosphoric ester groups is 2. The molecule has 5 aromatic rings. The molecule has 3 aliphatic rings. The quantitative estimate of drug-likeness (QED) is 0.0377. The first-order chi connectivity index (χ1) is 35.7. The van der Waals surface area contributed by atoms with Gasteiger partial charge in [0.1, 0.15) is 66.7 Å². The number of hydrogen-bond donors (Lipinski definition) is 10. The summed E-state index contributed by atoms with van der Waals surface area (Å²) in [5.74, 6) is -2.07. The van der Waals surface area contributed by atoms with Gasteiger partial charge in [0.05, 0.1) is 26.0 Å². The molecule has 0 bridgehead atoms. The molecule has 0 spiro atoms. The fourth-order valence-corrected chi connectivity index (χ4v) is 9.31. The van der Waals surface area contributed by atoms with Crippen molar-refractivity contribution in [2.75, 3.05) is 24.3 Å². The molecule has 0 aliphatic carbocycles. The van der Waals surface area contributed by atoms with Crippen LogP contribution in [0.2, 0.25) is 0 Å². The number of benzene rings is 3. The van der Waals surface area contributed by atoms with E-state index in [0.717, 1.165) is 11.2 Å². The second kappa shape index (κ2) is 23.4. The molecule has 31 heteroatoms. The van der Waals surface area contributed by atoms with Crippen molar-refractivity contribution in [1.29, 1.82) is 0 Å². The van der Waals surface area contributed by atoms with Gasteiger partial charge in [-0.1, -0.05) is 54.6 Å². The van der Waals surface area contributed by atoms with Crippen molar-refractivity contribution in [1.82, 2.24) is 29.7 Å². The summed E-state index contributed by atoms with van der Waals surface area (Å²) < 4.78 is 78.1. The molecule has 400 valence electrons. The van der Waals surface area contributed by atoms with Gasteiger partial charge in [-0.2, -0.15) is 0 Å². The number of nitrogens with one attached hydrogen (secondary N) is 2. The van der Waals surface area contributed by atoms with Crippen LogP contribution in [-0.2, 0) is 70.7 Å². The normalized spacial score (nSPS) is 24.8. The standard InChI is InChI=1S/C44H49FN10O18P2/c45-26-10-6-24(7-11-26)17-32(56)51-27-12-8-25(9-13-27)18-67-44(61)52-28(16-23-4-2-1-3-5-23)42(59)72-36-29(70-41(34(36)57)55-22-50-33-38(47)48-21-49-39(33)55)20-69-75(65,66)73-37-30(19-68-74(62,63)64)71-40(35(37)58)54-15-14-31(46)53-43(54)60/h1-15,21-22,28-30,34-37,40-41,43,57-58,60H,16-20H2,(H2,46,53)(H,51,56)(H,52,61)(H,65,66)(H2,47,48,49)(H2,62,63,64)/t28-,29?,30+,34-,35-,36-,37-,40+,41+,43?/m0/s1. The monoisotopic (exact) mass is 1090 g/mol. The molecule has 28 nitrogen and oxygen atoms in total. The van der Waals surface area contributed by atoms with Crippen molar-refractivity contribution >= 4 is 62.1 Å². The van der Waals surface area contributed by atoms with Crippen molar-refractivity contribution in [3.63, 3.8) is 0 Å². The summed E-state index contributed by atoms with van der Waals surface area (Å²) in [6, 6.07) is 18.7. The summed E-state index contributed by atoms with van der Waals surface area (Å²) in [5, 5.41) is 38.8. The largest absolute Gasteiger partial charge is 0.472 e. The van der Waals surface area contributed by atoms with Crippen molar-refractivity contribution in [3.8, 4) is 0 Å². The number of amides is 2. The lowest BCUT2D eigenvalue weighted by Gasteiger charge is -2.33. The summed E-state index contributed by atoms with van der Waals surface area (Å²) in [7, 11) is -10.7. The number of rotatable bonds is 20. The Labute approximate surface area is 423 Å². The molecular formula is C44H49FN10O18P2. The second-order valence-electron chi connectivity index (χ2n) is 16.9. The van der Waals surface area contributed by atoms with Crippen LogP contribution in [0.4, 0.5) is 20.7 Å². The number of ether oxygens (including phenoxy) is 4. The molecule has 5 heterocycles. The van der Waals surface area contributed by atoms with Crippen LogP contribution >= 0.6 is 15.6 Å². The number of aliphatic hydroxyl groups is 3. The number of nitrogen functional groups attached to an aromatic ring is 1. The van der Waals surface area contributed by atoms with Crippen LogP contribution < -0.4 is 22.1 Å². The van der Waals surface area contributed by atoms with E-state index in [1.807, 2.05) is 0 Å². The Balaban J connectivity index is 0.969. The minimum absolute atomic E-state index is 0.00144. The van der Waals surface area contributed by atoms with Crippen LogP contribution in [0, 0.1) is 5.82 Å². The molecule has 2 saturated heterocycles. The van der Waals surface area contributed by atoms with E-state index in [2.05, 4.69) is 35.1 Å². The highest BCUT2D eigenvalue weighted by molar-refractivity contribution is 7.47. The van der Waals surface area contributed by atoms with E-state index in [1.54, 1.807) is 54.6 Å². The zero-order valence-electron chi connectivity index (χ0n) is 38.8. The summed E-state index contributed by atoms with van der Waals surface area (Å²) in [6.07, 6.45) is -12.4. The minimum Gasteiger partial charge on any atom is -0.455 e. The van der Waals surface area contributed by atoms with Gasteiger partial charge in [-0.05, 0) is 47.0 Å². The topological polar surface area (TPSA) is 407 Å². The lowest BCUT2D eigenvalue weighted by atomic mass is 10.1. The van der Waals surface area contributed by atoms with E-state index in [0.29, 0.717) is 22.4 Å². The molecule has 2 amide bonds. The molecule has 3 aromatic carbocycles. The lowest BCUT2D eigenvalue weighted by Crippen LogP contribution is -2.48. The number of imidazole rings is 1. The second-order valence-corrected chi connectivity index (χ2v) is 19.5. The maximum absolute atomic E-state index is 14.3. The van der Waals surface area contributed by atoms with Gasteiger partial charge < -0.3 is 75.9 Å². The SMILES string of the molecule is NC1=NC(O)N([C@@H]2O[C@H](COP(=O)(O)O)[C@H](OP(=O)(O)OCC3O[C@@H](n4cnc5c(N)ncnc54)[C@@H](O)[C@H]3OC(=O)[C@H](Cc3ccccc3)NC(=O)OCc3ccc(NC(=O)Cc4ccc(F)cc4)cc3)[C@@H]2O)C=C1. The van der Waals surface area contributed by atoms with Crippen LogP contribution in [-0.4, -0.2) is 147 Å². The van der Waals surface area contributed by atoms with E-state index < -0.39 is 108 Å². The maximum atomic E-state index is 14.3. The third-order valence-corrected chi connectivity index (χ3v) is 13.1. The Hall–Kier alpha value is -6.82. The van der Waals surface area contributed by atoms with Crippen LogP contribution in [0.25, 0.3) is 11.2 Å². The van der Waals surface area contributed by atoms with Crippen LogP contribution in [0.1, 0.15) is 22.9 Å². The highest BCUT2D eigenvalue weighted by Crippen LogP contribution is 2.49. The predicted molar refractivity (Wildman–Crippen MR) is 254 cm³/mol. The Morgan fingerprint density at radius 1 is 0.813 bits per heavy atom. The molecular weight excluding hydrogens is 1040 g/mol.